The van der Waals surface area contributed by atoms with Crippen LogP contribution in [0.3, 0.4) is 0 Å². The minimum Gasteiger partial charge on any atom is -0.390 e. The standard InChI is InChI=1S/C23H31N5O2/c29-21(16-28-12-8-17-3-1-2-4-18(17)15-28)14-26-23(30)22-13-20(7-11-25-22)27-19-5-9-24-10-6-19/h1-4,7,11,13,19,21,24,29H,5-6,8-10,12,14-16H2,(H,25,27)(H,26,30). The van der Waals surface area contributed by atoms with Crippen LogP contribution < -0.4 is 16.0 Å². The van der Waals surface area contributed by atoms with E-state index >= 15 is 0 Å². The van der Waals surface area contributed by atoms with Crippen LogP contribution in [0.15, 0.2) is 42.6 Å². The molecule has 0 saturated carbocycles. The van der Waals surface area contributed by atoms with Crippen molar-refractivity contribution < 1.29 is 9.90 Å². The number of aliphatic hydroxyl groups is 1. The number of rotatable bonds is 7. The lowest BCUT2D eigenvalue weighted by Crippen LogP contribution is -2.42. The molecule has 0 spiro atoms. The first-order valence-electron chi connectivity index (χ1n) is 10.9. The van der Waals surface area contributed by atoms with Crippen LogP contribution in [0.2, 0.25) is 0 Å². The Labute approximate surface area is 177 Å². The van der Waals surface area contributed by atoms with Gasteiger partial charge in [-0.05, 0) is 55.6 Å². The smallest absolute Gasteiger partial charge is 0.270 e. The Morgan fingerprint density at radius 2 is 2.03 bits per heavy atom. The SMILES string of the molecule is O=C(NCC(O)CN1CCc2ccccc2C1)c1cc(NC2CCNCC2)ccn1. The molecule has 7 nitrogen and oxygen atoms in total. The van der Waals surface area contributed by atoms with Gasteiger partial charge in [0.2, 0.25) is 0 Å². The highest BCUT2D eigenvalue weighted by molar-refractivity contribution is 5.93. The Balaban J connectivity index is 1.24. The predicted molar refractivity (Wildman–Crippen MR) is 118 cm³/mol. The van der Waals surface area contributed by atoms with Gasteiger partial charge in [-0.2, -0.15) is 0 Å². The lowest BCUT2D eigenvalue weighted by Gasteiger charge is -2.30. The third-order valence-electron chi connectivity index (χ3n) is 5.88. The van der Waals surface area contributed by atoms with Gasteiger partial charge in [0.15, 0.2) is 0 Å². The van der Waals surface area contributed by atoms with Crippen molar-refractivity contribution in [3.05, 3.63) is 59.4 Å². The van der Waals surface area contributed by atoms with E-state index in [9.17, 15) is 9.90 Å². The minimum absolute atomic E-state index is 0.213. The molecule has 30 heavy (non-hydrogen) atoms. The summed E-state index contributed by atoms with van der Waals surface area (Å²) in [6.07, 6.45) is 4.17. The second-order valence-electron chi connectivity index (χ2n) is 8.22. The van der Waals surface area contributed by atoms with E-state index in [1.165, 1.54) is 11.1 Å². The van der Waals surface area contributed by atoms with E-state index < -0.39 is 6.10 Å². The number of anilines is 1. The summed E-state index contributed by atoms with van der Waals surface area (Å²) in [7, 11) is 0. The Morgan fingerprint density at radius 3 is 2.87 bits per heavy atom. The molecule has 2 aliphatic heterocycles. The van der Waals surface area contributed by atoms with Crippen LogP contribution in [0.1, 0.15) is 34.5 Å². The number of nitrogens with one attached hydrogen (secondary N) is 3. The number of hydrogen-bond donors (Lipinski definition) is 4. The van der Waals surface area contributed by atoms with Crippen LogP contribution in [0.5, 0.6) is 0 Å². The lowest BCUT2D eigenvalue weighted by molar-refractivity contribution is 0.0838. The molecular weight excluding hydrogens is 378 g/mol. The lowest BCUT2D eigenvalue weighted by atomic mass is 10.00. The van der Waals surface area contributed by atoms with Crippen molar-refractivity contribution in [2.75, 3.05) is 38.0 Å². The van der Waals surface area contributed by atoms with Crippen LogP contribution in [-0.4, -0.2) is 65.8 Å². The molecule has 1 saturated heterocycles. The zero-order valence-electron chi connectivity index (χ0n) is 17.3. The average Bonchev–Trinajstić information content (AvgIpc) is 2.78. The van der Waals surface area contributed by atoms with Crippen molar-refractivity contribution in [3.63, 3.8) is 0 Å². The Morgan fingerprint density at radius 1 is 1.23 bits per heavy atom. The number of aliphatic hydroxyl groups excluding tert-OH is 1. The number of amides is 1. The van der Waals surface area contributed by atoms with E-state index in [4.69, 9.17) is 0 Å². The molecule has 7 heteroatoms. The van der Waals surface area contributed by atoms with Crippen LogP contribution in [0.4, 0.5) is 5.69 Å². The van der Waals surface area contributed by atoms with Gasteiger partial charge in [0.25, 0.3) is 5.91 Å². The molecule has 1 atom stereocenters. The number of pyridine rings is 1. The quantitative estimate of drug-likeness (QED) is 0.553. The number of β-amino-alcohol motifs (C(OH)–C–C–N with tert-alkyl or cyclic N) is 1. The van der Waals surface area contributed by atoms with E-state index in [1.54, 1.807) is 12.3 Å². The Bertz CT molecular complexity index is 853. The Kier molecular flexibility index (Phi) is 6.94. The summed E-state index contributed by atoms with van der Waals surface area (Å²) >= 11 is 0. The number of aromatic nitrogens is 1. The number of carbonyl (C=O) groups excluding carboxylic acids is 1. The first-order valence-corrected chi connectivity index (χ1v) is 10.9. The molecule has 4 N–H and O–H groups in total. The highest BCUT2D eigenvalue weighted by Crippen LogP contribution is 2.18. The van der Waals surface area contributed by atoms with Crippen molar-refractivity contribution in [2.24, 2.45) is 0 Å². The van der Waals surface area contributed by atoms with Gasteiger partial charge in [0.05, 0.1) is 6.10 Å². The fourth-order valence-electron chi connectivity index (χ4n) is 4.22. The Hall–Kier alpha value is -2.48. The van der Waals surface area contributed by atoms with Crippen molar-refractivity contribution >= 4 is 11.6 Å². The van der Waals surface area contributed by atoms with Gasteiger partial charge in [0.1, 0.15) is 5.69 Å². The molecule has 1 amide bonds. The van der Waals surface area contributed by atoms with Crippen LogP contribution >= 0.6 is 0 Å². The monoisotopic (exact) mass is 409 g/mol. The zero-order chi connectivity index (χ0) is 20.8. The second kappa shape index (κ2) is 10.0. The first kappa shape index (κ1) is 20.8. The maximum absolute atomic E-state index is 12.5. The van der Waals surface area contributed by atoms with E-state index in [0.29, 0.717) is 18.3 Å². The van der Waals surface area contributed by atoms with E-state index in [0.717, 1.165) is 51.1 Å². The highest BCUT2D eigenvalue weighted by atomic mass is 16.3. The zero-order valence-corrected chi connectivity index (χ0v) is 17.3. The maximum atomic E-state index is 12.5. The summed E-state index contributed by atoms with van der Waals surface area (Å²) in [6.45, 7) is 4.54. The number of nitrogens with zero attached hydrogens (tertiary/aromatic N) is 2. The molecule has 1 aromatic heterocycles. The molecule has 0 bridgehead atoms. The molecule has 3 heterocycles. The molecule has 2 aliphatic rings. The van der Waals surface area contributed by atoms with Crippen molar-refractivity contribution in [2.45, 2.75) is 38.0 Å². The van der Waals surface area contributed by atoms with Gasteiger partial charge >= 0.3 is 0 Å². The van der Waals surface area contributed by atoms with Gasteiger partial charge < -0.3 is 21.1 Å². The van der Waals surface area contributed by atoms with Crippen molar-refractivity contribution in [1.29, 1.82) is 0 Å². The van der Waals surface area contributed by atoms with Gasteiger partial charge in [-0.25, -0.2) is 0 Å². The normalized spacial score (nSPS) is 18.4. The van der Waals surface area contributed by atoms with Gasteiger partial charge in [-0.3, -0.25) is 14.7 Å². The molecule has 0 aliphatic carbocycles. The van der Waals surface area contributed by atoms with Gasteiger partial charge in [0, 0.05) is 44.1 Å². The molecule has 0 radical (unpaired) electrons. The molecule has 1 unspecified atom stereocenters. The van der Waals surface area contributed by atoms with E-state index in [2.05, 4.69) is 50.1 Å². The minimum atomic E-state index is -0.616. The van der Waals surface area contributed by atoms with Crippen molar-refractivity contribution in [1.82, 2.24) is 20.5 Å². The largest absolute Gasteiger partial charge is 0.390 e. The van der Waals surface area contributed by atoms with E-state index in [1.807, 2.05) is 6.07 Å². The average molecular weight is 410 g/mol. The van der Waals surface area contributed by atoms with Crippen LogP contribution in [0.25, 0.3) is 0 Å². The summed E-state index contributed by atoms with van der Waals surface area (Å²) in [5.41, 5.74) is 3.99. The molecule has 1 fully saturated rings. The van der Waals surface area contributed by atoms with Crippen LogP contribution in [-0.2, 0) is 13.0 Å². The number of benzene rings is 1. The summed E-state index contributed by atoms with van der Waals surface area (Å²) in [5.74, 6) is -0.257. The number of hydrogen-bond acceptors (Lipinski definition) is 6. The number of carbonyl (C=O) groups is 1. The third-order valence-corrected chi connectivity index (χ3v) is 5.88. The summed E-state index contributed by atoms with van der Waals surface area (Å²) in [6, 6.07) is 12.5. The van der Waals surface area contributed by atoms with Gasteiger partial charge in [-0.15, -0.1) is 0 Å². The topological polar surface area (TPSA) is 89.5 Å². The summed E-state index contributed by atoms with van der Waals surface area (Å²) < 4.78 is 0. The number of fused-ring (bicyclic) bond motifs is 1. The molecule has 160 valence electrons. The second-order valence-corrected chi connectivity index (χ2v) is 8.22. The van der Waals surface area contributed by atoms with Crippen LogP contribution in [0, 0.1) is 0 Å². The number of piperidine rings is 1. The van der Waals surface area contributed by atoms with Crippen molar-refractivity contribution in [3.8, 4) is 0 Å². The third kappa shape index (κ3) is 5.56. The summed E-state index contributed by atoms with van der Waals surface area (Å²) in [5, 5.41) is 20.1. The highest BCUT2D eigenvalue weighted by Gasteiger charge is 2.19. The maximum Gasteiger partial charge on any atom is 0.270 e. The van der Waals surface area contributed by atoms with Gasteiger partial charge in [-0.1, -0.05) is 24.3 Å². The molecule has 2 aromatic rings. The van der Waals surface area contributed by atoms with E-state index in [-0.39, 0.29) is 12.5 Å². The molecule has 4 rings (SSSR count). The fourth-order valence-corrected chi connectivity index (χ4v) is 4.22. The fraction of sp³-hybridized carbons (Fsp3) is 0.478. The first-order chi connectivity index (χ1) is 14.7. The summed E-state index contributed by atoms with van der Waals surface area (Å²) in [4.78, 5) is 18.9. The molecule has 1 aromatic carbocycles. The predicted octanol–water partition coefficient (Wildman–Crippen LogP) is 1.39. The molecular formula is C23H31N5O2.